The van der Waals surface area contributed by atoms with E-state index in [-0.39, 0.29) is 12.1 Å². The van der Waals surface area contributed by atoms with E-state index in [1.165, 1.54) is 60.2 Å². The van der Waals surface area contributed by atoms with Gasteiger partial charge in [-0.25, -0.2) is 0 Å². The molecule has 1 aromatic carbocycles. The number of benzene rings is 1. The Kier molecular flexibility index (Phi) is 6.00. The largest absolute Gasteiger partial charge is 0.351 e. The van der Waals surface area contributed by atoms with E-state index in [0.29, 0.717) is 6.04 Å². The highest BCUT2D eigenvalue weighted by molar-refractivity contribution is 7.80. The average Bonchev–Trinajstić information content (AvgIpc) is 3.29. The monoisotopic (exact) mass is 458 g/mol. The van der Waals surface area contributed by atoms with Crippen LogP contribution in [0.3, 0.4) is 0 Å². The van der Waals surface area contributed by atoms with Gasteiger partial charge in [-0.1, -0.05) is 31.4 Å². The lowest BCUT2D eigenvalue weighted by Gasteiger charge is -2.30. The Balaban J connectivity index is 1.65. The van der Waals surface area contributed by atoms with Crippen molar-refractivity contribution in [2.75, 3.05) is 4.90 Å². The predicted octanol–water partition coefficient (Wildman–Crippen LogP) is 6.80. The number of aryl methyl sites for hydroxylation is 3. The molecule has 1 saturated heterocycles. The van der Waals surface area contributed by atoms with Crippen LogP contribution in [0.1, 0.15) is 84.0 Å². The first kappa shape index (κ1) is 22.1. The molecule has 2 atom stereocenters. The van der Waals surface area contributed by atoms with Gasteiger partial charge in [-0.05, 0) is 99.8 Å². The fourth-order valence-electron chi connectivity index (χ4n) is 6.04. The van der Waals surface area contributed by atoms with E-state index in [4.69, 9.17) is 17.2 Å². The van der Waals surface area contributed by atoms with Gasteiger partial charge >= 0.3 is 0 Å². The topological polar surface area (TPSA) is 33.1 Å². The molecule has 3 heterocycles. The van der Waals surface area contributed by atoms with Crippen molar-refractivity contribution < 1.29 is 0 Å². The van der Waals surface area contributed by atoms with Gasteiger partial charge in [-0.3, -0.25) is 4.98 Å². The summed E-state index contributed by atoms with van der Waals surface area (Å²) in [6, 6.07) is 15.9. The van der Waals surface area contributed by atoms with Gasteiger partial charge in [0.25, 0.3) is 0 Å². The third kappa shape index (κ3) is 4.08. The van der Waals surface area contributed by atoms with E-state index in [1.807, 2.05) is 12.3 Å². The first-order chi connectivity index (χ1) is 15.9. The van der Waals surface area contributed by atoms with Crippen molar-refractivity contribution in [3.63, 3.8) is 0 Å². The van der Waals surface area contributed by atoms with Crippen molar-refractivity contribution in [1.29, 1.82) is 0 Å². The smallest absolute Gasteiger partial charge is 0.174 e. The van der Waals surface area contributed by atoms with Crippen LogP contribution in [-0.2, 0) is 0 Å². The number of anilines is 1. The summed E-state index contributed by atoms with van der Waals surface area (Å²) in [4.78, 5) is 7.05. The van der Waals surface area contributed by atoms with Gasteiger partial charge in [-0.15, -0.1) is 0 Å². The van der Waals surface area contributed by atoms with Crippen molar-refractivity contribution in [2.24, 2.45) is 0 Å². The molecule has 0 radical (unpaired) electrons. The molecule has 33 heavy (non-hydrogen) atoms. The van der Waals surface area contributed by atoms with Crippen LogP contribution in [0.15, 0.2) is 48.7 Å². The maximum absolute atomic E-state index is 5.95. The van der Waals surface area contributed by atoms with Crippen molar-refractivity contribution in [3.8, 4) is 0 Å². The summed E-state index contributed by atoms with van der Waals surface area (Å²) in [7, 11) is 0. The zero-order valence-corrected chi connectivity index (χ0v) is 21.0. The molecule has 1 aliphatic carbocycles. The highest BCUT2D eigenvalue weighted by atomic mass is 32.1. The van der Waals surface area contributed by atoms with Crippen LogP contribution in [0.2, 0.25) is 0 Å². The molecule has 1 aliphatic heterocycles. The zero-order valence-electron chi connectivity index (χ0n) is 20.1. The summed E-state index contributed by atoms with van der Waals surface area (Å²) >= 11 is 5.95. The van der Waals surface area contributed by atoms with E-state index >= 15 is 0 Å². The second-order valence-corrected chi connectivity index (χ2v) is 10.2. The first-order valence-electron chi connectivity index (χ1n) is 12.2. The van der Waals surface area contributed by atoms with Crippen LogP contribution in [0.25, 0.3) is 0 Å². The van der Waals surface area contributed by atoms with Crippen LogP contribution in [0.4, 0.5) is 5.69 Å². The molecular weight excluding hydrogens is 424 g/mol. The summed E-state index contributed by atoms with van der Waals surface area (Å²) in [5.41, 5.74) is 8.75. The number of hydrogen-bond acceptors (Lipinski definition) is 2. The van der Waals surface area contributed by atoms with E-state index < -0.39 is 0 Å². The lowest BCUT2D eigenvalue weighted by Crippen LogP contribution is -2.29. The molecule has 0 spiro atoms. The summed E-state index contributed by atoms with van der Waals surface area (Å²) < 4.78 is 2.60. The highest BCUT2D eigenvalue weighted by Gasteiger charge is 2.42. The molecule has 1 saturated carbocycles. The van der Waals surface area contributed by atoms with Crippen molar-refractivity contribution in [1.82, 2.24) is 14.9 Å². The highest BCUT2D eigenvalue weighted by Crippen LogP contribution is 2.44. The van der Waals surface area contributed by atoms with Gasteiger partial charge in [0.15, 0.2) is 5.11 Å². The van der Waals surface area contributed by atoms with Crippen LogP contribution >= 0.6 is 12.2 Å². The van der Waals surface area contributed by atoms with E-state index in [1.54, 1.807) is 0 Å². The average molecular weight is 459 g/mol. The minimum Gasteiger partial charge on any atom is -0.351 e. The van der Waals surface area contributed by atoms with Gasteiger partial charge in [0, 0.05) is 29.3 Å². The molecule has 2 aromatic heterocycles. The molecule has 0 bridgehead atoms. The number of hydrogen-bond donors (Lipinski definition) is 1. The SMILES string of the molecule is Cc1cc(C)cc(N2C(=S)N[C@H](c3ccccn3)[C@H]2c2cc(C)n(C3CCCCC3)c2C)c1. The summed E-state index contributed by atoms with van der Waals surface area (Å²) in [5, 5.41) is 4.39. The van der Waals surface area contributed by atoms with Crippen LogP contribution in [0.5, 0.6) is 0 Å². The van der Waals surface area contributed by atoms with Crippen molar-refractivity contribution in [2.45, 2.75) is 77.9 Å². The molecule has 2 aliphatic rings. The number of thiocarbonyl (C=S) groups is 1. The van der Waals surface area contributed by atoms with Gasteiger partial charge < -0.3 is 14.8 Å². The maximum atomic E-state index is 5.95. The zero-order chi connectivity index (χ0) is 23.1. The number of nitrogens with zero attached hydrogens (tertiary/aromatic N) is 3. The van der Waals surface area contributed by atoms with Gasteiger partial charge in [0.05, 0.1) is 17.8 Å². The molecule has 5 heteroatoms. The van der Waals surface area contributed by atoms with E-state index in [0.717, 1.165) is 16.5 Å². The molecule has 0 amide bonds. The summed E-state index contributed by atoms with van der Waals surface area (Å²) in [5.74, 6) is 0. The Morgan fingerprint density at radius 2 is 1.67 bits per heavy atom. The second kappa shape index (κ2) is 8.94. The third-order valence-corrected chi connectivity index (χ3v) is 7.68. The molecule has 2 fully saturated rings. The normalized spacial score (nSPS) is 21.5. The Morgan fingerprint density at radius 1 is 0.939 bits per heavy atom. The minimum absolute atomic E-state index is 0.000163. The summed E-state index contributed by atoms with van der Waals surface area (Å²) in [6.45, 7) is 8.88. The molecular formula is C28H34N4S. The fourth-order valence-corrected chi connectivity index (χ4v) is 6.39. The number of aromatic nitrogens is 2. The molecule has 0 unspecified atom stereocenters. The first-order valence-corrected chi connectivity index (χ1v) is 12.6. The molecule has 3 aromatic rings. The predicted molar refractivity (Wildman–Crippen MR) is 140 cm³/mol. The number of nitrogens with one attached hydrogen (secondary N) is 1. The van der Waals surface area contributed by atoms with Crippen LogP contribution < -0.4 is 10.2 Å². The Hall–Kier alpha value is -2.66. The van der Waals surface area contributed by atoms with Gasteiger partial charge in [-0.2, -0.15) is 0 Å². The van der Waals surface area contributed by atoms with Crippen LogP contribution in [0, 0.1) is 27.7 Å². The van der Waals surface area contributed by atoms with Gasteiger partial charge in [0.2, 0.25) is 0 Å². The standard InChI is InChI=1S/C28H34N4S/c1-18-14-19(2)16-23(15-18)32-27(26(30-28(32)33)25-12-8-9-13-29-25)24-17-20(3)31(21(24)4)22-10-6-5-7-11-22/h8-9,12-17,22,26-27H,5-7,10-11H2,1-4H3,(H,30,33)/t26-,27-/m1/s1. The lowest BCUT2D eigenvalue weighted by molar-refractivity contribution is 0.345. The molecule has 172 valence electrons. The Morgan fingerprint density at radius 3 is 2.33 bits per heavy atom. The second-order valence-electron chi connectivity index (χ2n) is 9.83. The molecule has 4 nitrogen and oxygen atoms in total. The van der Waals surface area contributed by atoms with Crippen molar-refractivity contribution >= 4 is 23.0 Å². The molecule has 5 rings (SSSR count). The Bertz CT molecular complexity index is 1140. The lowest BCUT2D eigenvalue weighted by atomic mass is 9.94. The van der Waals surface area contributed by atoms with E-state index in [9.17, 15) is 0 Å². The van der Waals surface area contributed by atoms with Gasteiger partial charge in [0.1, 0.15) is 0 Å². The fraction of sp³-hybridized carbons (Fsp3) is 0.429. The quantitative estimate of drug-likeness (QED) is 0.436. The van der Waals surface area contributed by atoms with Crippen molar-refractivity contribution in [3.05, 3.63) is 82.4 Å². The number of pyridine rings is 1. The maximum Gasteiger partial charge on any atom is 0.174 e. The van der Waals surface area contributed by atoms with Crippen LogP contribution in [-0.4, -0.2) is 14.7 Å². The minimum atomic E-state index is -0.000163. The summed E-state index contributed by atoms with van der Waals surface area (Å²) in [6.07, 6.45) is 8.46. The third-order valence-electron chi connectivity index (χ3n) is 7.36. The number of rotatable bonds is 4. The van der Waals surface area contributed by atoms with E-state index in [2.05, 4.69) is 78.9 Å². The Labute approximate surface area is 203 Å². The molecule has 1 N–H and O–H groups in total.